The van der Waals surface area contributed by atoms with Gasteiger partial charge in [-0.05, 0) is 20.8 Å². The molecule has 1 heterocycles. The number of aromatic nitrogens is 2. The van der Waals surface area contributed by atoms with Crippen LogP contribution in [0.4, 0.5) is 5.69 Å². The van der Waals surface area contributed by atoms with Gasteiger partial charge >= 0.3 is 0 Å². The van der Waals surface area contributed by atoms with Gasteiger partial charge in [-0.3, -0.25) is 4.68 Å². The summed E-state index contributed by atoms with van der Waals surface area (Å²) in [4.78, 5) is 3.27. The van der Waals surface area contributed by atoms with Crippen molar-refractivity contribution in [2.24, 2.45) is 0 Å². The molecule has 0 fully saturated rings. The van der Waals surface area contributed by atoms with E-state index in [1.54, 1.807) is 17.1 Å². The summed E-state index contributed by atoms with van der Waals surface area (Å²) in [6.07, 6.45) is 3.34. The lowest BCUT2D eigenvalue weighted by atomic mass is 10.1. The summed E-state index contributed by atoms with van der Waals surface area (Å²) in [7, 11) is 0. The van der Waals surface area contributed by atoms with E-state index in [-0.39, 0.29) is 5.54 Å². The first kappa shape index (κ1) is 7.80. The fourth-order valence-electron chi connectivity index (χ4n) is 0.738. The van der Waals surface area contributed by atoms with E-state index in [0.717, 1.165) is 0 Å². The highest BCUT2D eigenvalue weighted by atomic mass is 15.3. The molecule has 1 aromatic heterocycles. The minimum Gasteiger partial charge on any atom is -0.279 e. The van der Waals surface area contributed by atoms with Crippen molar-refractivity contribution >= 4 is 5.69 Å². The van der Waals surface area contributed by atoms with Crippen molar-refractivity contribution < 1.29 is 0 Å². The summed E-state index contributed by atoms with van der Waals surface area (Å²) >= 11 is 0. The van der Waals surface area contributed by atoms with Gasteiger partial charge in [0.05, 0.1) is 18.3 Å². The lowest BCUT2D eigenvalue weighted by molar-refractivity contribution is 0.355. The van der Waals surface area contributed by atoms with Crippen LogP contribution in [0.2, 0.25) is 0 Å². The van der Waals surface area contributed by atoms with Crippen LogP contribution in [0.15, 0.2) is 12.4 Å². The molecule has 58 valence electrons. The Morgan fingerprint density at radius 3 is 2.45 bits per heavy atom. The average molecular weight is 149 g/mol. The monoisotopic (exact) mass is 149 g/mol. The van der Waals surface area contributed by atoms with E-state index in [1.807, 2.05) is 20.8 Å². The molecular formula is C8H11N3. The molecule has 3 heteroatoms. The van der Waals surface area contributed by atoms with Gasteiger partial charge in [-0.15, -0.1) is 0 Å². The molecule has 0 aliphatic heterocycles. The lowest BCUT2D eigenvalue weighted by Gasteiger charge is -2.18. The molecule has 0 aromatic carbocycles. The Kier molecular flexibility index (Phi) is 1.69. The number of hydrogen-bond acceptors (Lipinski definition) is 1. The number of nitrogens with zero attached hydrogens (tertiary/aromatic N) is 3. The van der Waals surface area contributed by atoms with E-state index in [0.29, 0.717) is 5.69 Å². The minimum absolute atomic E-state index is 0.0249. The van der Waals surface area contributed by atoms with Crippen molar-refractivity contribution in [1.82, 2.24) is 9.78 Å². The molecule has 0 N–H and O–H groups in total. The summed E-state index contributed by atoms with van der Waals surface area (Å²) in [5.41, 5.74) is 0.572. The van der Waals surface area contributed by atoms with Gasteiger partial charge in [0.25, 0.3) is 0 Å². The predicted molar refractivity (Wildman–Crippen MR) is 43.5 cm³/mol. The quantitative estimate of drug-likeness (QED) is 0.518. The Labute approximate surface area is 66.5 Å². The molecule has 1 aromatic rings. The van der Waals surface area contributed by atoms with Gasteiger partial charge in [-0.1, -0.05) is 0 Å². The van der Waals surface area contributed by atoms with Crippen molar-refractivity contribution in [1.29, 1.82) is 0 Å². The van der Waals surface area contributed by atoms with Gasteiger partial charge in [0, 0.05) is 6.20 Å². The van der Waals surface area contributed by atoms with Gasteiger partial charge in [0.15, 0.2) is 0 Å². The van der Waals surface area contributed by atoms with Gasteiger partial charge in [-0.2, -0.15) is 5.10 Å². The summed E-state index contributed by atoms with van der Waals surface area (Å²) in [5.74, 6) is 0. The van der Waals surface area contributed by atoms with E-state index in [4.69, 9.17) is 6.57 Å². The second-order valence-corrected chi connectivity index (χ2v) is 3.43. The van der Waals surface area contributed by atoms with E-state index in [2.05, 4.69) is 9.94 Å². The Morgan fingerprint density at radius 1 is 1.55 bits per heavy atom. The van der Waals surface area contributed by atoms with Gasteiger partial charge in [0.2, 0.25) is 5.69 Å². The fraction of sp³-hybridized carbons (Fsp3) is 0.500. The van der Waals surface area contributed by atoms with E-state index in [1.165, 1.54) is 0 Å². The highest BCUT2D eigenvalue weighted by Crippen LogP contribution is 2.17. The standard InChI is InChI=1S/C8H11N3/c1-8(2,3)11-6-7(9-4)5-10-11/h5-6H,1-3H3. The van der Waals surface area contributed by atoms with Crippen LogP contribution in [0.5, 0.6) is 0 Å². The molecule has 0 aliphatic rings. The largest absolute Gasteiger partial charge is 0.279 e. The van der Waals surface area contributed by atoms with E-state index < -0.39 is 0 Å². The van der Waals surface area contributed by atoms with Crippen LogP contribution >= 0.6 is 0 Å². The molecule has 0 amide bonds. The Bertz CT molecular complexity index is 285. The van der Waals surface area contributed by atoms with Crippen LogP contribution in [0.3, 0.4) is 0 Å². The second kappa shape index (κ2) is 2.39. The molecule has 0 spiro atoms. The maximum atomic E-state index is 6.73. The van der Waals surface area contributed by atoms with Crippen molar-refractivity contribution in [2.45, 2.75) is 26.3 Å². The predicted octanol–water partition coefficient (Wildman–Crippen LogP) is 2.19. The summed E-state index contributed by atoms with van der Waals surface area (Å²) in [6, 6.07) is 0. The van der Waals surface area contributed by atoms with Gasteiger partial charge < -0.3 is 0 Å². The molecule has 0 bridgehead atoms. The first-order valence-electron chi connectivity index (χ1n) is 3.46. The second-order valence-electron chi connectivity index (χ2n) is 3.43. The molecule has 0 radical (unpaired) electrons. The van der Waals surface area contributed by atoms with Crippen molar-refractivity contribution in [3.05, 3.63) is 23.8 Å². The van der Waals surface area contributed by atoms with Crippen LogP contribution in [-0.4, -0.2) is 9.78 Å². The highest BCUT2D eigenvalue weighted by molar-refractivity contribution is 5.39. The van der Waals surface area contributed by atoms with Crippen LogP contribution in [0, 0.1) is 6.57 Å². The van der Waals surface area contributed by atoms with Gasteiger partial charge in [0.1, 0.15) is 0 Å². The van der Waals surface area contributed by atoms with Crippen LogP contribution in [0.25, 0.3) is 4.85 Å². The zero-order valence-corrected chi connectivity index (χ0v) is 7.00. The zero-order valence-electron chi connectivity index (χ0n) is 7.00. The molecule has 0 aliphatic carbocycles. The van der Waals surface area contributed by atoms with Crippen molar-refractivity contribution in [3.8, 4) is 0 Å². The molecule has 3 nitrogen and oxygen atoms in total. The Hall–Kier alpha value is -1.30. The zero-order chi connectivity index (χ0) is 8.48. The summed E-state index contributed by atoms with van der Waals surface area (Å²) in [6.45, 7) is 12.9. The number of rotatable bonds is 0. The van der Waals surface area contributed by atoms with Crippen LogP contribution in [-0.2, 0) is 5.54 Å². The Morgan fingerprint density at radius 2 is 2.18 bits per heavy atom. The first-order valence-corrected chi connectivity index (χ1v) is 3.46. The molecule has 0 unspecified atom stereocenters. The smallest absolute Gasteiger partial charge is 0.224 e. The molecule has 1 rings (SSSR count). The third kappa shape index (κ3) is 1.58. The van der Waals surface area contributed by atoms with Gasteiger partial charge in [-0.25, -0.2) is 4.85 Å². The van der Waals surface area contributed by atoms with E-state index >= 15 is 0 Å². The third-order valence-corrected chi connectivity index (χ3v) is 1.39. The fourth-order valence-corrected chi connectivity index (χ4v) is 0.738. The van der Waals surface area contributed by atoms with E-state index in [9.17, 15) is 0 Å². The molecule has 0 atom stereocenters. The Balaban J connectivity index is 3.01. The third-order valence-electron chi connectivity index (χ3n) is 1.39. The molecule has 0 saturated heterocycles. The summed E-state index contributed by atoms with van der Waals surface area (Å²) < 4.78 is 1.79. The number of hydrogen-bond donors (Lipinski definition) is 0. The van der Waals surface area contributed by atoms with Crippen LogP contribution in [0.1, 0.15) is 20.8 Å². The molecular weight excluding hydrogens is 138 g/mol. The lowest BCUT2D eigenvalue weighted by Crippen LogP contribution is -2.21. The molecule has 0 saturated carbocycles. The normalized spacial score (nSPS) is 11.1. The highest BCUT2D eigenvalue weighted by Gasteiger charge is 2.13. The first-order chi connectivity index (χ1) is 5.04. The molecule has 11 heavy (non-hydrogen) atoms. The topological polar surface area (TPSA) is 22.2 Å². The average Bonchev–Trinajstić information content (AvgIpc) is 2.32. The SMILES string of the molecule is [C-]#[N+]c1cnn(C(C)(C)C)c1. The van der Waals surface area contributed by atoms with Crippen LogP contribution < -0.4 is 0 Å². The summed E-state index contributed by atoms with van der Waals surface area (Å²) in [5, 5.41) is 4.06. The van der Waals surface area contributed by atoms with Crippen molar-refractivity contribution in [2.75, 3.05) is 0 Å². The maximum absolute atomic E-state index is 6.73. The minimum atomic E-state index is -0.0249. The maximum Gasteiger partial charge on any atom is 0.224 e. The van der Waals surface area contributed by atoms with Crippen molar-refractivity contribution in [3.63, 3.8) is 0 Å².